The Morgan fingerprint density at radius 3 is 2.42 bits per heavy atom. The minimum atomic E-state index is 0. The van der Waals surface area contributed by atoms with Crippen molar-refractivity contribution in [3.8, 4) is 0 Å². The van der Waals surface area contributed by atoms with Crippen LogP contribution in [-0.4, -0.2) is 60.5 Å². The van der Waals surface area contributed by atoms with Crippen molar-refractivity contribution in [3.63, 3.8) is 0 Å². The highest BCUT2D eigenvalue weighted by atomic mass is 19.0. The van der Waals surface area contributed by atoms with E-state index < -0.39 is 0 Å². The van der Waals surface area contributed by atoms with E-state index in [1.54, 1.807) is 0 Å². The SMILES string of the molecule is C=C(/C=C(/C1CCCCC1)N(C)CC(=O)N1CCN(c2ccccn2)CC1)c1ccc(C)c(C)c1.F. The van der Waals surface area contributed by atoms with Crippen molar-refractivity contribution >= 4 is 17.3 Å². The second kappa shape index (κ2) is 12.7. The zero-order chi connectivity index (χ0) is 24.8. The van der Waals surface area contributed by atoms with E-state index in [0.29, 0.717) is 12.5 Å². The summed E-state index contributed by atoms with van der Waals surface area (Å²) in [5.41, 5.74) is 6.02. The molecule has 2 heterocycles. The predicted molar refractivity (Wildman–Crippen MR) is 148 cm³/mol. The molecule has 2 fully saturated rings. The summed E-state index contributed by atoms with van der Waals surface area (Å²) in [7, 11) is 2.08. The van der Waals surface area contributed by atoms with Gasteiger partial charge in [0.05, 0.1) is 6.54 Å². The number of carbonyl (C=O) groups excluding carboxylic acids is 1. The minimum absolute atomic E-state index is 0. The molecule has 6 heteroatoms. The number of nitrogens with zero attached hydrogens (tertiary/aromatic N) is 4. The summed E-state index contributed by atoms with van der Waals surface area (Å²) in [5.74, 6) is 1.68. The number of hydrogen-bond acceptors (Lipinski definition) is 4. The van der Waals surface area contributed by atoms with Gasteiger partial charge < -0.3 is 14.7 Å². The van der Waals surface area contributed by atoms with Crippen LogP contribution in [0.3, 0.4) is 0 Å². The van der Waals surface area contributed by atoms with Crippen molar-refractivity contribution in [2.24, 2.45) is 5.92 Å². The fourth-order valence-corrected chi connectivity index (χ4v) is 5.26. The molecule has 4 rings (SSSR count). The van der Waals surface area contributed by atoms with Crippen LogP contribution in [0.1, 0.15) is 48.8 Å². The summed E-state index contributed by atoms with van der Waals surface area (Å²) in [6.07, 6.45) is 10.3. The second-order valence-corrected chi connectivity index (χ2v) is 10.1. The summed E-state index contributed by atoms with van der Waals surface area (Å²) in [6.45, 7) is 12.2. The third-order valence-electron chi connectivity index (χ3n) is 7.64. The molecule has 36 heavy (non-hydrogen) atoms. The third kappa shape index (κ3) is 6.74. The molecule has 2 aliphatic rings. The number of benzene rings is 1. The Morgan fingerprint density at radius 2 is 1.78 bits per heavy atom. The van der Waals surface area contributed by atoms with Crippen molar-refractivity contribution in [3.05, 3.63) is 77.6 Å². The molecule has 0 N–H and O–H groups in total. The van der Waals surface area contributed by atoms with Crippen LogP contribution < -0.4 is 4.90 Å². The number of halogens is 1. The maximum Gasteiger partial charge on any atom is 0.242 e. The van der Waals surface area contributed by atoms with Gasteiger partial charge in [-0.3, -0.25) is 9.50 Å². The number of likely N-dealkylation sites (N-methyl/N-ethyl adjacent to an activating group) is 1. The van der Waals surface area contributed by atoms with Gasteiger partial charge in [-0.2, -0.15) is 0 Å². The fraction of sp³-hybridized carbons (Fsp3) is 0.467. The lowest BCUT2D eigenvalue weighted by atomic mass is 9.85. The number of pyridine rings is 1. The second-order valence-electron chi connectivity index (χ2n) is 10.1. The van der Waals surface area contributed by atoms with Gasteiger partial charge in [0.2, 0.25) is 5.91 Å². The first-order valence-corrected chi connectivity index (χ1v) is 13.1. The maximum atomic E-state index is 13.3. The van der Waals surface area contributed by atoms with E-state index in [1.807, 2.05) is 29.3 Å². The molecule has 2 aromatic rings. The Balaban J connectivity index is 0.00000361. The number of carbonyl (C=O) groups is 1. The van der Waals surface area contributed by atoms with E-state index in [2.05, 4.69) is 66.5 Å². The average Bonchev–Trinajstić information content (AvgIpc) is 2.89. The number of aromatic nitrogens is 1. The number of anilines is 1. The normalized spacial score (nSPS) is 16.9. The van der Waals surface area contributed by atoms with Crippen LogP contribution in [0.2, 0.25) is 0 Å². The van der Waals surface area contributed by atoms with E-state index in [1.165, 1.54) is 48.9 Å². The highest BCUT2D eigenvalue weighted by molar-refractivity contribution is 5.79. The average molecular weight is 493 g/mol. The number of amides is 1. The molecule has 0 atom stereocenters. The van der Waals surface area contributed by atoms with E-state index in [9.17, 15) is 4.79 Å². The van der Waals surface area contributed by atoms with E-state index >= 15 is 0 Å². The zero-order valence-corrected chi connectivity index (χ0v) is 22.1. The molecule has 0 radical (unpaired) electrons. The quantitative estimate of drug-likeness (QED) is 0.471. The van der Waals surface area contributed by atoms with Crippen LogP contribution >= 0.6 is 0 Å². The maximum absolute atomic E-state index is 13.3. The van der Waals surface area contributed by atoms with Gasteiger partial charge in [-0.25, -0.2) is 4.98 Å². The Hall–Kier alpha value is -3.15. The van der Waals surface area contributed by atoms with Gasteiger partial charge in [0.1, 0.15) is 5.82 Å². The first-order chi connectivity index (χ1) is 16.9. The Labute approximate surface area is 215 Å². The van der Waals surface area contributed by atoms with E-state index in [4.69, 9.17) is 0 Å². The van der Waals surface area contributed by atoms with Crippen molar-refractivity contribution in [2.75, 3.05) is 44.7 Å². The summed E-state index contributed by atoms with van der Waals surface area (Å²) in [5, 5.41) is 0. The third-order valence-corrected chi connectivity index (χ3v) is 7.64. The summed E-state index contributed by atoms with van der Waals surface area (Å²) >= 11 is 0. The van der Waals surface area contributed by atoms with Crippen LogP contribution in [0, 0.1) is 19.8 Å². The molecule has 1 aromatic heterocycles. The molecule has 1 aromatic carbocycles. The molecule has 1 amide bonds. The summed E-state index contributed by atoms with van der Waals surface area (Å²) < 4.78 is 0. The van der Waals surface area contributed by atoms with Crippen molar-refractivity contribution in [1.29, 1.82) is 0 Å². The molecule has 1 saturated carbocycles. The molecule has 5 nitrogen and oxygen atoms in total. The zero-order valence-electron chi connectivity index (χ0n) is 22.1. The van der Waals surface area contributed by atoms with E-state index in [-0.39, 0.29) is 10.6 Å². The van der Waals surface area contributed by atoms with Crippen molar-refractivity contribution in [1.82, 2.24) is 14.8 Å². The molecule has 1 aliphatic heterocycles. The van der Waals surface area contributed by atoms with Gasteiger partial charge in [0.15, 0.2) is 0 Å². The Kier molecular flexibility index (Phi) is 9.68. The smallest absolute Gasteiger partial charge is 0.242 e. The number of piperazine rings is 1. The number of allylic oxidation sites excluding steroid dienone is 3. The lowest BCUT2D eigenvalue weighted by molar-refractivity contribution is -0.132. The van der Waals surface area contributed by atoms with Crippen molar-refractivity contribution < 1.29 is 9.50 Å². The molecule has 1 saturated heterocycles. The molecular formula is C30H41FN4O. The standard InChI is InChI=1S/C30H40N4O.FH/c1-23-13-14-27(20-24(23)2)25(3)21-28(26-10-6-5-7-11-26)32(4)22-30(35)34-18-16-33(17-19-34)29-12-8-9-15-31-29;/h8-9,12-15,20-21,26H,3,5-7,10-11,16-19,22H2,1-2,4H3;1H/b28-21-;. The minimum Gasteiger partial charge on any atom is -0.368 e. The number of hydrogen-bond donors (Lipinski definition) is 0. The monoisotopic (exact) mass is 492 g/mol. The summed E-state index contributed by atoms with van der Waals surface area (Å²) in [6, 6.07) is 12.5. The van der Waals surface area contributed by atoms with Gasteiger partial charge in [-0.15, -0.1) is 0 Å². The van der Waals surface area contributed by atoms with Gasteiger partial charge >= 0.3 is 0 Å². The fourth-order valence-electron chi connectivity index (χ4n) is 5.26. The van der Waals surface area contributed by atoms with Gasteiger partial charge in [-0.1, -0.05) is 50.1 Å². The largest absolute Gasteiger partial charge is 0.368 e. The molecular weight excluding hydrogens is 451 g/mol. The van der Waals surface area contributed by atoms with Crippen LogP contribution in [0.15, 0.2) is 60.9 Å². The molecule has 1 aliphatic carbocycles. The lowest BCUT2D eigenvalue weighted by Crippen LogP contribution is -2.51. The molecule has 194 valence electrons. The molecule has 0 unspecified atom stereocenters. The molecule has 0 bridgehead atoms. The van der Waals surface area contributed by atoms with Crippen LogP contribution in [-0.2, 0) is 4.79 Å². The Morgan fingerprint density at radius 1 is 1.06 bits per heavy atom. The summed E-state index contributed by atoms with van der Waals surface area (Å²) in [4.78, 5) is 24.2. The molecule has 0 spiro atoms. The topological polar surface area (TPSA) is 39.7 Å². The first kappa shape index (κ1) is 27.4. The van der Waals surface area contributed by atoms with E-state index in [0.717, 1.165) is 43.1 Å². The number of aryl methyl sites for hydroxylation is 2. The van der Waals surface area contributed by atoms with Gasteiger partial charge in [-0.05, 0) is 73.1 Å². The van der Waals surface area contributed by atoms with Crippen LogP contribution in [0.5, 0.6) is 0 Å². The predicted octanol–water partition coefficient (Wildman–Crippen LogP) is 5.61. The highest BCUT2D eigenvalue weighted by Crippen LogP contribution is 2.33. The Bertz CT molecular complexity index is 1050. The lowest BCUT2D eigenvalue weighted by Gasteiger charge is -2.37. The highest BCUT2D eigenvalue weighted by Gasteiger charge is 2.26. The van der Waals surface area contributed by atoms with Crippen LogP contribution in [0.25, 0.3) is 5.57 Å². The first-order valence-electron chi connectivity index (χ1n) is 13.1. The van der Waals surface area contributed by atoms with Gasteiger partial charge in [0.25, 0.3) is 0 Å². The number of rotatable bonds is 7. The van der Waals surface area contributed by atoms with Crippen LogP contribution in [0.4, 0.5) is 10.5 Å². The van der Waals surface area contributed by atoms with Gasteiger partial charge in [0, 0.05) is 45.1 Å². The van der Waals surface area contributed by atoms with Crippen molar-refractivity contribution in [2.45, 2.75) is 46.0 Å².